The molecule has 0 fully saturated rings. The van der Waals surface area contributed by atoms with Crippen LogP contribution >= 0.6 is 23.4 Å². The van der Waals surface area contributed by atoms with Crippen molar-refractivity contribution >= 4 is 29.3 Å². The summed E-state index contributed by atoms with van der Waals surface area (Å²) in [5, 5.41) is 13.1. The second-order valence-electron chi connectivity index (χ2n) is 7.80. The van der Waals surface area contributed by atoms with Gasteiger partial charge in [0, 0.05) is 16.5 Å². The number of halogens is 1. The molecular formula is C26H25ClN4O2S. The Morgan fingerprint density at radius 2 is 1.74 bits per heavy atom. The first kappa shape index (κ1) is 23.9. The van der Waals surface area contributed by atoms with Gasteiger partial charge in [-0.1, -0.05) is 65.3 Å². The highest BCUT2D eigenvalue weighted by atomic mass is 35.5. The minimum atomic E-state index is -0.248. The van der Waals surface area contributed by atoms with Crippen molar-refractivity contribution in [2.45, 2.75) is 31.3 Å². The second kappa shape index (κ2) is 11.2. The summed E-state index contributed by atoms with van der Waals surface area (Å²) in [6.45, 7) is 4.28. The van der Waals surface area contributed by atoms with Gasteiger partial charge in [-0.3, -0.25) is 9.36 Å². The summed E-state index contributed by atoms with van der Waals surface area (Å²) in [4.78, 5) is 12.4. The third-order valence-electron chi connectivity index (χ3n) is 5.24. The van der Waals surface area contributed by atoms with Gasteiger partial charge in [0.05, 0.1) is 6.54 Å². The van der Waals surface area contributed by atoms with Crippen molar-refractivity contribution in [2.24, 2.45) is 0 Å². The number of benzene rings is 3. The van der Waals surface area contributed by atoms with Gasteiger partial charge in [-0.25, -0.2) is 0 Å². The topological polar surface area (TPSA) is 69.0 Å². The van der Waals surface area contributed by atoms with Crippen LogP contribution in [-0.4, -0.2) is 27.3 Å². The molecule has 34 heavy (non-hydrogen) atoms. The van der Waals surface area contributed by atoms with Crippen molar-refractivity contribution in [1.82, 2.24) is 20.1 Å². The number of ether oxygens (including phenoxy) is 1. The molecule has 0 saturated carbocycles. The predicted molar refractivity (Wildman–Crippen MR) is 136 cm³/mol. The van der Waals surface area contributed by atoms with Gasteiger partial charge in [0.15, 0.2) is 17.6 Å². The number of nitrogens with one attached hydrogen (secondary N) is 1. The largest absolute Gasteiger partial charge is 0.484 e. The van der Waals surface area contributed by atoms with Crippen molar-refractivity contribution in [3.63, 3.8) is 0 Å². The Morgan fingerprint density at radius 1 is 1.00 bits per heavy atom. The predicted octanol–water partition coefficient (Wildman–Crippen LogP) is 5.53. The molecule has 0 aliphatic rings. The van der Waals surface area contributed by atoms with E-state index in [4.69, 9.17) is 16.3 Å². The Morgan fingerprint density at radius 3 is 2.47 bits per heavy atom. The number of thioether (sulfide) groups is 1. The van der Waals surface area contributed by atoms with Crippen LogP contribution in [0.5, 0.6) is 5.75 Å². The molecule has 4 rings (SSSR count). The average molecular weight is 493 g/mol. The third kappa shape index (κ3) is 6.18. The zero-order chi connectivity index (χ0) is 23.9. The first-order valence-corrected chi connectivity index (χ1v) is 12.2. The van der Waals surface area contributed by atoms with Crippen molar-refractivity contribution in [1.29, 1.82) is 0 Å². The lowest BCUT2D eigenvalue weighted by atomic mass is 10.1. The fourth-order valence-electron chi connectivity index (χ4n) is 3.28. The minimum absolute atomic E-state index is 0.102. The molecule has 0 aliphatic carbocycles. The van der Waals surface area contributed by atoms with Crippen LogP contribution in [0.1, 0.15) is 22.5 Å². The summed E-state index contributed by atoms with van der Waals surface area (Å²) in [5.41, 5.74) is 4.61. The average Bonchev–Trinajstić information content (AvgIpc) is 3.25. The molecule has 0 spiro atoms. The summed E-state index contributed by atoms with van der Waals surface area (Å²) >= 11 is 7.50. The van der Waals surface area contributed by atoms with E-state index in [9.17, 15) is 4.79 Å². The van der Waals surface area contributed by atoms with E-state index < -0.39 is 0 Å². The number of rotatable bonds is 9. The van der Waals surface area contributed by atoms with E-state index in [0.717, 1.165) is 16.6 Å². The number of amides is 1. The molecule has 0 bridgehead atoms. The first-order chi connectivity index (χ1) is 16.5. The van der Waals surface area contributed by atoms with Gasteiger partial charge in [0.1, 0.15) is 5.75 Å². The summed E-state index contributed by atoms with van der Waals surface area (Å²) in [6.07, 6.45) is 0. The molecule has 0 atom stereocenters. The van der Waals surface area contributed by atoms with Gasteiger partial charge in [0.25, 0.3) is 5.91 Å². The van der Waals surface area contributed by atoms with Crippen LogP contribution in [0, 0.1) is 13.8 Å². The van der Waals surface area contributed by atoms with Crippen LogP contribution in [0.2, 0.25) is 5.02 Å². The molecule has 3 aromatic carbocycles. The molecule has 0 saturated heterocycles. The number of hydrogen-bond donors (Lipinski definition) is 1. The van der Waals surface area contributed by atoms with E-state index in [1.54, 1.807) is 36.0 Å². The fourth-order valence-corrected chi connectivity index (χ4v) is 4.46. The summed E-state index contributed by atoms with van der Waals surface area (Å²) < 4.78 is 7.51. The molecule has 4 aromatic rings. The number of carbonyl (C=O) groups excluding carboxylic acids is 1. The number of aromatic nitrogens is 3. The monoisotopic (exact) mass is 492 g/mol. The first-order valence-electron chi connectivity index (χ1n) is 10.8. The molecule has 1 aromatic heterocycles. The van der Waals surface area contributed by atoms with Gasteiger partial charge in [-0.2, -0.15) is 0 Å². The van der Waals surface area contributed by atoms with E-state index in [2.05, 4.69) is 34.6 Å². The molecule has 1 N–H and O–H groups in total. The smallest absolute Gasteiger partial charge is 0.258 e. The minimum Gasteiger partial charge on any atom is -0.484 e. The Bertz CT molecular complexity index is 1260. The SMILES string of the molecule is Cc1ccc(-n2c(CNC(=O)COc3ccc(Cl)cc3)nnc2SCc2ccccc2C)cc1. The molecule has 0 aliphatic heterocycles. The highest BCUT2D eigenvalue weighted by Gasteiger charge is 2.16. The molecular weight excluding hydrogens is 468 g/mol. The van der Waals surface area contributed by atoms with Gasteiger partial charge < -0.3 is 10.1 Å². The molecule has 0 radical (unpaired) electrons. The molecule has 6 nitrogen and oxygen atoms in total. The lowest BCUT2D eigenvalue weighted by Gasteiger charge is -2.12. The van der Waals surface area contributed by atoms with E-state index in [0.29, 0.717) is 16.6 Å². The Kier molecular flexibility index (Phi) is 7.87. The maximum Gasteiger partial charge on any atom is 0.258 e. The van der Waals surface area contributed by atoms with Crippen LogP contribution in [-0.2, 0) is 17.1 Å². The lowest BCUT2D eigenvalue weighted by molar-refractivity contribution is -0.123. The Balaban J connectivity index is 1.46. The van der Waals surface area contributed by atoms with Crippen molar-refractivity contribution in [2.75, 3.05) is 6.61 Å². The quantitative estimate of drug-likeness (QED) is 0.311. The molecule has 174 valence electrons. The van der Waals surface area contributed by atoms with Crippen molar-refractivity contribution in [3.8, 4) is 11.4 Å². The molecule has 8 heteroatoms. The standard InChI is InChI=1S/C26H25ClN4O2S/c1-18-7-11-22(12-8-18)31-24(15-28-25(32)16-33-23-13-9-21(27)10-14-23)29-30-26(31)34-17-20-6-4-3-5-19(20)2/h3-14H,15-17H2,1-2H3,(H,28,32). The van der Waals surface area contributed by atoms with Gasteiger partial charge in [-0.15, -0.1) is 10.2 Å². The van der Waals surface area contributed by atoms with Crippen molar-refractivity contribution in [3.05, 3.63) is 100 Å². The van der Waals surface area contributed by atoms with Crippen LogP contribution in [0.3, 0.4) is 0 Å². The summed E-state index contributed by atoms with van der Waals surface area (Å²) in [5.74, 6) is 1.76. The normalized spacial score (nSPS) is 10.8. The van der Waals surface area contributed by atoms with Crippen molar-refractivity contribution < 1.29 is 9.53 Å². The number of hydrogen-bond acceptors (Lipinski definition) is 5. The summed E-state index contributed by atoms with van der Waals surface area (Å²) in [7, 11) is 0. The molecule has 1 heterocycles. The Labute approximate surface area is 208 Å². The van der Waals surface area contributed by atoms with Crippen LogP contribution in [0.15, 0.2) is 78.0 Å². The van der Waals surface area contributed by atoms with Crippen LogP contribution < -0.4 is 10.1 Å². The van der Waals surface area contributed by atoms with E-state index >= 15 is 0 Å². The van der Waals surface area contributed by atoms with E-state index in [1.165, 1.54) is 16.7 Å². The second-order valence-corrected chi connectivity index (χ2v) is 9.18. The number of aryl methyl sites for hydroxylation is 2. The Hall–Kier alpha value is -3.29. The lowest BCUT2D eigenvalue weighted by Crippen LogP contribution is -2.29. The number of nitrogens with zero attached hydrogens (tertiary/aromatic N) is 3. The molecule has 0 unspecified atom stereocenters. The van der Waals surface area contributed by atoms with Gasteiger partial charge in [0.2, 0.25) is 0 Å². The third-order valence-corrected chi connectivity index (χ3v) is 6.47. The highest BCUT2D eigenvalue weighted by molar-refractivity contribution is 7.98. The fraction of sp³-hybridized carbons (Fsp3) is 0.192. The summed E-state index contributed by atoms with van der Waals surface area (Å²) in [6, 6.07) is 23.4. The van der Waals surface area contributed by atoms with Crippen LogP contribution in [0.25, 0.3) is 5.69 Å². The molecule has 1 amide bonds. The van der Waals surface area contributed by atoms with E-state index in [1.807, 2.05) is 47.9 Å². The maximum absolute atomic E-state index is 12.4. The zero-order valence-corrected chi connectivity index (χ0v) is 20.6. The van der Waals surface area contributed by atoms with Gasteiger partial charge >= 0.3 is 0 Å². The highest BCUT2D eigenvalue weighted by Crippen LogP contribution is 2.26. The van der Waals surface area contributed by atoms with E-state index in [-0.39, 0.29) is 19.1 Å². The van der Waals surface area contributed by atoms with Crippen LogP contribution in [0.4, 0.5) is 0 Å². The zero-order valence-electron chi connectivity index (χ0n) is 19.0. The van der Waals surface area contributed by atoms with Gasteiger partial charge in [-0.05, 0) is 61.4 Å². The maximum atomic E-state index is 12.4. The number of carbonyl (C=O) groups is 1.